The first-order chi connectivity index (χ1) is 14.0. The van der Waals surface area contributed by atoms with E-state index in [4.69, 9.17) is 5.21 Å². The Kier molecular flexibility index (Phi) is 6.87. The molecule has 0 saturated carbocycles. The highest BCUT2D eigenvalue weighted by atomic mass is 16.5. The van der Waals surface area contributed by atoms with Crippen LogP contribution in [-0.2, 0) is 4.79 Å². The lowest BCUT2D eigenvalue weighted by atomic mass is 9.91. The van der Waals surface area contributed by atoms with Crippen molar-refractivity contribution in [3.8, 4) is 5.69 Å². The minimum atomic E-state index is -0.342. The van der Waals surface area contributed by atoms with Crippen LogP contribution in [0.1, 0.15) is 43.5 Å². The standard InChI is InChI=1S/C21H29N5O3/c1-15-14-16(2)26(23-15)19-8-6-18(7-9-19)22-21(28)25-12-10-17(11-13-25)4-3-5-20(27)24-29/h6-9,14,17,29H,3-5,10-13H2,1-2H3,(H,22,28)(H,24,27). The quantitative estimate of drug-likeness (QED) is 0.512. The Morgan fingerprint density at radius 2 is 1.86 bits per heavy atom. The van der Waals surface area contributed by atoms with Crippen molar-refractivity contribution in [3.05, 3.63) is 41.7 Å². The van der Waals surface area contributed by atoms with Gasteiger partial charge in [-0.3, -0.25) is 10.0 Å². The smallest absolute Gasteiger partial charge is 0.321 e. The van der Waals surface area contributed by atoms with E-state index in [1.807, 2.05) is 53.8 Å². The van der Waals surface area contributed by atoms with E-state index >= 15 is 0 Å². The van der Waals surface area contributed by atoms with E-state index in [1.54, 1.807) is 5.48 Å². The van der Waals surface area contributed by atoms with Crippen molar-refractivity contribution >= 4 is 17.6 Å². The van der Waals surface area contributed by atoms with Crippen LogP contribution < -0.4 is 10.8 Å². The molecule has 1 aromatic heterocycles. The summed E-state index contributed by atoms with van der Waals surface area (Å²) in [4.78, 5) is 25.4. The monoisotopic (exact) mass is 399 g/mol. The molecule has 0 unspecified atom stereocenters. The van der Waals surface area contributed by atoms with Gasteiger partial charge in [0.05, 0.1) is 11.4 Å². The fourth-order valence-electron chi connectivity index (χ4n) is 3.81. The molecule has 1 fully saturated rings. The second-order valence-corrected chi connectivity index (χ2v) is 7.67. The normalized spacial score (nSPS) is 14.7. The van der Waals surface area contributed by atoms with Crippen molar-refractivity contribution in [2.45, 2.75) is 46.0 Å². The lowest BCUT2D eigenvalue weighted by Crippen LogP contribution is -2.41. The first-order valence-electron chi connectivity index (χ1n) is 10.1. The Balaban J connectivity index is 1.46. The largest absolute Gasteiger partial charge is 0.325 e. The number of likely N-dealkylation sites (tertiary alicyclic amines) is 1. The number of benzene rings is 1. The molecule has 1 aliphatic heterocycles. The molecule has 0 bridgehead atoms. The molecule has 0 atom stereocenters. The van der Waals surface area contributed by atoms with Crippen LogP contribution >= 0.6 is 0 Å². The Morgan fingerprint density at radius 3 is 2.45 bits per heavy atom. The topological polar surface area (TPSA) is 99.5 Å². The predicted octanol–water partition coefficient (Wildman–Crippen LogP) is 3.41. The van der Waals surface area contributed by atoms with Crippen LogP contribution in [0.3, 0.4) is 0 Å². The Hall–Kier alpha value is -2.87. The molecule has 0 spiro atoms. The summed E-state index contributed by atoms with van der Waals surface area (Å²) < 4.78 is 1.88. The summed E-state index contributed by atoms with van der Waals surface area (Å²) in [5.74, 6) is 0.177. The summed E-state index contributed by atoms with van der Waals surface area (Å²) in [5.41, 5.74) is 5.42. The minimum absolute atomic E-state index is 0.0815. The van der Waals surface area contributed by atoms with Crippen LogP contribution in [0, 0.1) is 19.8 Å². The van der Waals surface area contributed by atoms with Crippen LogP contribution in [0.4, 0.5) is 10.5 Å². The molecular formula is C21H29N5O3. The molecule has 0 radical (unpaired) electrons. The summed E-state index contributed by atoms with van der Waals surface area (Å²) in [6.45, 7) is 5.41. The average molecular weight is 399 g/mol. The molecule has 0 aliphatic carbocycles. The first-order valence-corrected chi connectivity index (χ1v) is 10.1. The molecule has 2 heterocycles. The van der Waals surface area contributed by atoms with Crippen molar-refractivity contribution in [2.75, 3.05) is 18.4 Å². The first kappa shape index (κ1) is 20.9. The van der Waals surface area contributed by atoms with Crippen molar-refractivity contribution in [1.82, 2.24) is 20.2 Å². The van der Waals surface area contributed by atoms with E-state index < -0.39 is 0 Å². The second kappa shape index (κ2) is 9.56. The van der Waals surface area contributed by atoms with Crippen LogP contribution in [0.15, 0.2) is 30.3 Å². The number of nitrogens with one attached hydrogen (secondary N) is 2. The van der Waals surface area contributed by atoms with Gasteiger partial charge in [0, 0.05) is 30.9 Å². The van der Waals surface area contributed by atoms with Crippen LogP contribution in [0.2, 0.25) is 0 Å². The van der Waals surface area contributed by atoms with Crippen LogP contribution in [0.25, 0.3) is 5.69 Å². The van der Waals surface area contributed by atoms with Gasteiger partial charge in [0.15, 0.2) is 0 Å². The fourth-order valence-corrected chi connectivity index (χ4v) is 3.81. The van der Waals surface area contributed by atoms with Gasteiger partial charge < -0.3 is 10.2 Å². The van der Waals surface area contributed by atoms with Gasteiger partial charge in [0.25, 0.3) is 0 Å². The van der Waals surface area contributed by atoms with E-state index in [0.29, 0.717) is 25.4 Å². The number of hydroxylamine groups is 1. The van der Waals surface area contributed by atoms with Crippen molar-refractivity contribution in [3.63, 3.8) is 0 Å². The molecule has 3 N–H and O–H groups in total. The van der Waals surface area contributed by atoms with Crippen molar-refractivity contribution in [1.29, 1.82) is 0 Å². The molecule has 8 heteroatoms. The van der Waals surface area contributed by atoms with Crippen LogP contribution in [-0.4, -0.2) is 44.9 Å². The number of carbonyl (C=O) groups is 2. The van der Waals surface area contributed by atoms with E-state index in [2.05, 4.69) is 10.4 Å². The molecular weight excluding hydrogens is 370 g/mol. The highest BCUT2D eigenvalue weighted by Gasteiger charge is 2.22. The van der Waals surface area contributed by atoms with Gasteiger partial charge >= 0.3 is 6.03 Å². The molecule has 1 aliphatic rings. The summed E-state index contributed by atoms with van der Waals surface area (Å²) in [6.07, 6.45) is 3.91. The Labute approximate surface area is 170 Å². The average Bonchev–Trinajstić information content (AvgIpc) is 3.07. The number of carbonyl (C=O) groups excluding carboxylic acids is 2. The van der Waals surface area contributed by atoms with Gasteiger partial charge in [-0.1, -0.05) is 0 Å². The van der Waals surface area contributed by atoms with E-state index in [0.717, 1.165) is 48.4 Å². The summed E-state index contributed by atoms with van der Waals surface area (Å²) >= 11 is 0. The zero-order valence-corrected chi connectivity index (χ0v) is 17.0. The number of piperidine rings is 1. The zero-order chi connectivity index (χ0) is 20.8. The van der Waals surface area contributed by atoms with Gasteiger partial charge in [-0.15, -0.1) is 0 Å². The number of hydrogen-bond donors (Lipinski definition) is 3. The predicted molar refractivity (Wildman–Crippen MR) is 110 cm³/mol. The Morgan fingerprint density at radius 1 is 1.17 bits per heavy atom. The zero-order valence-electron chi connectivity index (χ0n) is 17.0. The molecule has 2 aromatic rings. The SMILES string of the molecule is Cc1cc(C)n(-c2ccc(NC(=O)N3CCC(CCCC(=O)NO)CC3)cc2)n1. The molecule has 156 valence electrons. The summed E-state index contributed by atoms with van der Waals surface area (Å²) in [5, 5.41) is 16.0. The molecule has 3 rings (SSSR count). The number of amides is 3. The number of rotatable bonds is 6. The summed E-state index contributed by atoms with van der Waals surface area (Å²) in [6, 6.07) is 9.63. The number of hydrogen-bond acceptors (Lipinski definition) is 4. The van der Waals surface area contributed by atoms with Gasteiger partial charge in [0.1, 0.15) is 0 Å². The lowest BCUT2D eigenvalue weighted by Gasteiger charge is -2.32. The molecule has 1 aromatic carbocycles. The van der Waals surface area contributed by atoms with E-state index in [1.165, 1.54) is 0 Å². The summed E-state index contributed by atoms with van der Waals surface area (Å²) in [7, 11) is 0. The maximum absolute atomic E-state index is 12.5. The maximum Gasteiger partial charge on any atom is 0.321 e. The van der Waals surface area contributed by atoms with Crippen LogP contribution in [0.5, 0.6) is 0 Å². The second-order valence-electron chi connectivity index (χ2n) is 7.67. The third kappa shape index (κ3) is 5.57. The number of urea groups is 1. The third-order valence-electron chi connectivity index (χ3n) is 5.42. The van der Waals surface area contributed by atoms with Gasteiger partial charge in [-0.2, -0.15) is 5.10 Å². The maximum atomic E-state index is 12.5. The highest BCUT2D eigenvalue weighted by Crippen LogP contribution is 2.23. The highest BCUT2D eigenvalue weighted by molar-refractivity contribution is 5.89. The number of aromatic nitrogens is 2. The van der Waals surface area contributed by atoms with E-state index in [9.17, 15) is 9.59 Å². The molecule has 3 amide bonds. The van der Waals surface area contributed by atoms with Gasteiger partial charge in [0.2, 0.25) is 5.91 Å². The van der Waals surface area contributed by atoms with Gasteiger partial charge in [-0.25, -0.2) is 15.0 Å². The minimum Gasteiger partial charge on any atom is -0.325 e. The number of anilines is 1. The molecule has 8 nitrogen and oxygen atoms in total. The lowest BCUT2D eigenvalue weighted by molar-refractivity contribution is -0.129. The van der Waals surface area contributed by atoms with Gasteiger partial charge in [-0.05, 0) is 75.8 Å². The van der Waals surface area contributed by atoms with Crippen molar-refractivity contribution in [2.24, 2.45) is 5.92 Å². The van der Waals surface area contributed by atoms with Crippen molar-refractivity contribution < 1.29 is 14.8 Å². The third-order valence-corrected chi connectivity index (χ3v) is 5.42. The molecule has 1 saturated heterocycles. The van der Waals surface area contributed by atoms with E-state index in [-0.39, 0.29) is 11.9 Å². The number of nitrogens with zero attached hydrogens (tertiary/aromatic N) is 3. The fraction of sp³-hybridized carbons (Fsp3) is 0.476. The Bertz CT molecular complexity index is 839. The molecule has 29 heavy (non-hydrogen) atoms. The number of aryl methyl sites for hydroxylation is 2.